The first-order valence-corrected chi connectivity index (χ1v) is 6.03. The predicted molar refractivity (Wildman–Crippen MR) is 67.7 cm³/mol. The lowest BCUT2D eigenvalue weighted by Crippen LogP contribution is -2.33. The molecular weight excluding hydrogens is 257 g/mol. The fourth-order valence-electron chi connectivity index (χ4n) is 1.46. The van der Waals surface area contributed by atoms with Crippen molar-refractivity contribution in [1.82, 2.24) is 0 Å². The van der Waals surface area contributed by atoms with Crippen LogP contribution in [0, 0.1) is 5.82 Å². The van der Waals surface area contributed by atoms with Crippen LogP contribution in [0.4, 0.5) is 10.1 Å². The lowest BCUT2D eigenvalue weighted by molar-refractivity contribution is -0.121. The molecule has 1 aliphatic rings. The molecule has 1 aliphatic heterocycles. The van der Waals surface area contributed by atoms with E-state index in [2.05, 4.69) is 10.3 Å². The second-order valence-electron chi connectivity index (χ2n) is 3.62. The highest BCUT2D eigenvalue weighted by molar-refractivity contribution is 8.15. The summed E-state index contributed by atoms with van der Waals surface area (Å²) in [5, 5.41) is 1.81. The molecule has 0 saturated heterocycles. The van der Waals surface area contributed by atoms with Gasteiger partial charge in [-0.1, -0.05) is 23.9 Å². The summed E-state index contributed by atoms with van der Waals surface area (Å²) in [5.41, 5.74) is 5.49. The Labute approximate surface area is 107 Å². The van der Waals surface area contributed by atoms with E-state index in [4.69, 9.17) is 5.73 Å². The largest absolute Gasteiger partial charge is 0.378 e. The Morgan fingerprint density at radius 3 is 2.89 bits per heavy atom. The minimum absolute atomic E-state index is 0.0361. The number of nitrogens with one attached hydrogen (secondary N) is 1. The van der Waals surface area contributed by atoms with E-state index < -0.39 is 22.9 Å². The third-order valence-electron chi connectivity index (χ3n) is 2.28. The molecule has 3 N–H and O–H groups in total. The summed E-state index contributed by atoms with van der Waals surface area (Å²) in [6.45, 7) is 0. The van der Waals surface area contributed by atoms with Crippen LogP contribution in [0.2, 0.25) is 0 Å². The highest BCUT2D eigenvalue weighted by Gasteiger charge is 2.28. The van der Waals surface area contributed by atoms with Gasteiger partial charge in [-0.3, -0.25) is 9.59 Å². The molecule has 0 unspecified atom stereocenters. The number of anilines is 1. The fourth-order valence-corrected chi connectivity index (χ4v) is 2.30. The number of halogens is 1. The molecule has 0 spiro atoms. The maximum absolute atomic E-state index is 13.3. The molecule has 2 rings (SSSR count). The van der Waals surface area contributed by atoms with E-state index in [9.17, 15) is 14.0 Å². The number of carbonyl (C=O) groups is 2. The zero-order chi connectivity index (χ0) is 13.1. The summed E-state index contributed by atoms with van der Waals surface area (Å²) in [6, 6.07) is 5.81. The molecule has 0 aliphatic carbocycles. The third-order valence-corrected chi connectivity index (χ3v) is 3.28. The van der Waals surface area contributed by atoms with Crippen molar-refractivity contribution in [2.24, 2.45) is 10.7 Å². The normalized spacial score (nSPS) is 19.3. The van der Waals surface area contributed by atoms with Crippen molar-refractivity contribution in [3.63, 3.8) is 0 Å². The Morgan fingerprint density at radius 1 is 1.50 bits per heavy atom. The van der Waals surface area contributed by atoms with Crippen LogP contribution in [0.5, 0.6) is 0 Å². The highest BCUT2D eigenvalue weighted by atomic mass is 32.2. The number of nitrogens with two attached hydrogens (primary N) is 1. The first kappa shape index (κ1) is 12.6. The van der Waals surface area contributed by atoms with Gasteiger partial charge >= 0.3 is 0 Å². The van der Waals surface area contributed by atoms with Crippen molar-refractivity contribution in [3.05, 3.63) is 30.1 Å². The van der Waals surface area contributed by atoms with Crippen LogP contribution in [0.15, 0.2) is 29.3 Å². The van der Waals surface area contributed by atoms with Gasteiger partial charge in [-0.15, -0.1) is 0 Å². The van der Waals surface area contributed by atoms with Crippen molar-refractivity contribution in [3.8, 4) is 0 Å². The van der Waals surface area contributed by atoms with Gasteiger partial charge in [0.25, 0.3) is 0 Å². The second-order valence-corrected chi connectivity index (χ2v) is 4.85. The second kappa shape index (κ2) is 5.18. The van der Waals surface area contributed by atoms with Crippen molar-refractivity contribution < 1.29 is 14.0 Å². The number of nitrogens with zero attached hydrogens (tertiary/aromatic N) is 1. The molecule has 0 fully saturated rings. The lowest BCUT2D eigenvalue weighted by atomic mass is 10.2. The van der Waals surface area contributed by atoms with Gasteiger partial charge in [-0.25, -0.2) is 4.39 Å². The first-order valence-electron chi connectivity index (χ1n) is 5.15. The number of hydrogen-bond acceptors (Lipinski definition) is 4. The van der Waals surface area contributed by atoms with Crippen LogP contribution in [-0.4, -0.2) is 22.2 Å². The number of amides is 2. The summed E-state index contributed by atoms with van der Waals surface area (Å²) in [5.74, 6) is -1.43. The quantitative estimate of drug-likeness (QED) is 0.840. The van der Waals surface area contributed by atoms with Crippen molar-refractivity contribution in [2.75, 3.05) is 5.32 Å². The van der Waals surface area contributed by atoms with E-state index in [1.807, 2.05) is 0 Å². The van der Waals surface area contributed by atoms with E-state index in [0.717, 1.165) is 11.8 Å². The monoisotopic (exact) mass is 267 g/mol. The number of carbonyl (C=O) groups excluding carboxylic acids is 2. The smallest absolute Gasteiger partial charge is 0.249 e. The van der Waals surface area contributed by atoms with Gasteiger partial charge in [-0.2, -0.15) is 4.99 Å². The zero-order valence-electron chi connectivity index (χ0n) is 9.22. The van der Waals surface area contributed by atoms with Gasteiger partial charge in [0, 0.05) is 0 Å². The Morgan fingerprint density at radius 2 is 2.22 bits per heavy atom. The van der Waals surface area contributed by atoms with Gasteiger partial charge in [0.15, 0.2) is 5.17 Å². The lowest BCUT2D eigenvalue weighted by Gasteiger charge is -2.17. The molecule has 7 heteroatoms. The van der Waals surface area contributed by atoms with Crippen molar-refractivity contribution in [2.45, 2.75) is 11.7 Å². The molecule has 0 bridgehead atoms. The van der Waals surface area contributed by atoms with Crippen LogP contribution in [0.1, 0.15) is 6.42 Å². The predicted octanol–water partition coefficient (Wildman–Crippen LogP) is 1.11. The van der Waals surface area contributed by atoms with Crippen LogP contribution < -0.4 is 11.1 Å². The standard InChI is InChI=1S/C11H10FN3O2S/c12-6-3-1-2-4-7(6)14-10(17)8-5-9(16)15-11(13)18-8/h1-4,8H,5H2,(H,14,17)(H2,13,15,16)/t8-/m0/s1. The maximum atomic E-state index is 13.3. The average molecular weight is 267 g/mol. The number of para-hydroxylation sites is 1. The number of thioether (sulfide) groups is 1. The van der Waals surface area contributed by atoms with E-state index >= 15 is 0 Å². The topological polar surface area (TPSA) is 84.5 Å². The van der Waals surface area contributed by atoms with Crippen LogP contribution in [0.3, 0.4) is 0 Å². The van der Waals surface area contributed by atoms with Crippen molar-refractivity contribution in [1.29, 1.82) is 0 Å². The van der Waals surface area contributed by atoms with Gasteiger partial charge in [-0.05, 0) is 12.1 Å². The summed E-state index contributed by atoms with van der Waals surface area (Å²) in [4.78, 5) is 26.5. The average Bonchev–Trinajstić information content (AvgIpc) is 2.31. The Kier molecular flexibility index (Phi) is 3.61. The van der Waals surface area contributed by atoms with E-state index in [1.165, 1.54) is 18.2 Å². The van der Waals surface area contributed by atoms with Gasteiger partial charge in [0.05, 0.1) is 12.1 Å². The molecule has 0 aromatic heterocycles. The van der Waals surface area contributed by atoms with Gasteiger partial charge < -0.3 is 11.1 Å². The Hall–Kier alpha value is -1.89. The molecule has 18 heavy (non-hydrogen) atoms. The summed E-state index contributed by atoms with van der Waals surface area (Å²) < 4.78 is 13.3. The molecule has 1 aromatic carbocycles. The van der Waals surface area contributed by atoms with Crippen LogP contribution in [0.25, 0.3) is 0 Å². The van der Waals surface area contributed by atoms with Gasteiger partial charge in [0.2, 0.25) is 11.8 Å². The minimum Gasteiger partial charge on any atom is -0.378 e. The number of aliphatic imine (C=N–C) groups is 1. The summed E-state index contributed by atoms with van der Waals surface area (Å²) >= 11 is 0.996. The SMILES string of the molecule is NC1=NC(=O)C[C@@H](C(=O)Nc2ccccc2F)S1. The summed E-state index contributed by atoms with van der Waals surface area (Å²) in [6.07, 6.45) is -0.0361. The molecular formula is C11H10FN3O2S. The van der Waals surface area contributed by atoms with E-state index in [1.54, 1.807) is 6.07 Å². The molecule has 1 heterocycles. The number of amidine groups is 1. The number of benzene rings is 1. The first-order chi connectivity index (χ1) is 8.56. The maximum Gasteiger partial charge on any atom is 0.249 e. The van der Waals surface area contributed by atoms with Crippen LogP contribution in [-0.2, 0) is 9.59 Å². The third kappa shape index (κ3) is 2.86. The molecule has 0 radical (unpaired) electrons. The minimum atomic E-state index is -0.672. The molecule has 1 atom stereocenters. The zero-order valence-corrected chi connectivity index (χ0v) is 10.0. The molecule has 0 saturated carbocycles. The number of rotatable bonds is 2. The molecule has 2 amide bonds. The van der Waals surface area contributed by atoms with E-state index in [0.29, 0.717) is 0 Å². The van der Waals surface area contributed by atoms with Crippen LogP contribution >= 0.6 is 11.8 Å². The van der Waals surface area contributed by atoms with Gasteiger partial charge in [0.1, 0.15) is 11.1 Å². The molecule has 5 nitrogen and oxygen atoms in total. The molecule has 94 valence electrons. The molecule has 1 aromatic rings. The Balaban J connectivity index is 2.07. The van der Waals surface area contributed by atoms with Crippen molar-refractivity contribution >= 4 is 34.4 Å². The Bertz CT molecular complexity index is 533. The van der Waals surface area contributed by atoms with E-state index in [-0.39, 0.29) is 17.3 Å². The fraction of sp³-hybridized carbons (Fsp3) is 0.182. The number of hydrogen-bond donors (Lipinski definition) is 2. The highest BCUT2D eigenvalue weighted by Crippen LogP contribution is 2.22. The summed E-state index contributed by atoms with van der Waals surface area (Å²) in [7, 11) is 0.